The van der Waals surface area contributed by atoms with Crippen LogP contribution >= 0.6 is 17.0 Å². The van der Waals surface area contributed by atoms with Gasteiger partial charge in [-0.3, -0.25) is 10.2 Å². The van der Waals surface area contributed by atoms with Gasteiger partial charge in [0.1, 0.15) is 0 Å². The Balaban J connectivity index is 0. The van der Waals surface area contributed by atoms with E-state index in [1.165, 1.54) is 0 Å². The van der Waals surface area contributed by atoms with Gasteiger partial charge in [0.15, 0.2) is 0 Å². The molecule has 0 fully saturated rings. The van der Waals surface area contributed by atoms with E-state index in [2.05, 4.69) is 20.4 Å². The molecule has 1 unspecified atom stereocenters. The second kappa shape index (κ2) is 13.0. The number of nitrogens with zero attached hydrogens (tertiary/aromatic N) is 2. The summed E-state index contributed by atoms with van der Waals surface area (Å²) in [7, 11) is 0. The third kappa shape index (κ3) is 19.4. The molecule has 0 radical (unpaired) electrons. The van der Waals surface area contributed by atoms with Crippen LogP contribution in [0.4, 0.5) is 0 Å². The van der Waals surface area contributed by atoms with Gasteiger partial charge in [0.2, 0.25) is 0 Å². The van der Waals surface area contributed by atoms with E-state index in [-0.39, 0.29) is 17.0 Å². The molecule has 0 aromatic carbocycles. The Kier molecular flexibility index (Phi) is 14.2. The Labute approximate surface area is 99.2 Å². The van der Waals surface area contributed by atoms with Crippen LogP contribution in [-0.4, -0.2) is 33.7 Å². The van der Waals surface area contributed by atoms with Gasteiger partial charge in [0, 0.05) is 24.8 Å². The van der Waals surface area contributed by atoms with Crippen molar-refractivity contribution < 1.29 is 13.3 Å². The Morgan fingerprint density at radius 1 is 1.13 bits per heavy atom. The summed E-state index contributed by atoms with van der Waals surface area (Å²) >= 11 is -2.86. The van der Waals surface area contributed by atoms with Gasteiger partial charge in [0.25, 0.3) is 0 Å². The molecule has 0 aliphatic carbocycles. The Morgan fingerprint density at radius 2 is 1.47 bits per heavy atom. The Hall–Kier alpha value is -1.03. The normalized spacial score (nSPS) is 9.47. The van der Waals surface area contributed by atoms with Gasteiger partial charge in [-0.15, -0.1) is 17.0 Å². The molecule has 3 N–H and O–H groups in total. The molecule has 86 valence electrons. The van der Waals surface area contributed by atoms with Crippen LogP contribution < -0.4 is 0 Å². The molecule has 0 aliphatic rings. The lowest BCUT2D eigenvalue weighted by Gasteiger charge is -1.83. The minimum Gasteiger partial charge on any atom is -0.750 e. The molecule has 2 heterocycles. The fraction of sp³-hybridized carbons (Fsp3) is 0. The Morgan fingerprint density at radius 3 is 1.53 bits per heavy atom. The van der Waals surface area contributed by atoms with E-state index >= 15 is 0 Å². The van der Waals surface area contributed by atoms with Gasteiger partial charge in [-0.1, -0.05) is 0 Å². The molecule has 0 saturated carbocycles. The molecular formula is C6H10BrN4O3S-. The van der Waals surface area contributed by atoms with E-state index < -0.39 is 11.4 Å². The van der Waals surface area contributed by atoms with Crippen LogP contribution in [0, 0.1) is 0 Å². The highest BCUT2D eigenvalue weighted by Crippen LogP contribution is 1.65. The second-order valence-corrected chi connectivity index (χ2v) is 2.18. The lowest BCUT2D eigenvalue weighted by atomic mass is 10.8. The highest BCUT2D eigenvalue weighted by Gasteiger charge is 1.57. The van der Waals surface area contributed by atoms with Crippen molar-refractivity contribution in [2.24, 2.45) is 0 Å². The summed E-state index contributed by atoms with van der Waals surface area (Å²) in [6.45, 7) is 0. The van der Waals surface area contributed by atoms with E-state index in [9.17, 15) is 0 Å². The van der Waals surface area contributed by atoms with Crippen LogP contribution in [0.15, 0.2) is 36.9 Å². The zero-order valence-corrected chi connectivity index (χ0v) is 9.97. The summed E-state index contributed by atoms with van der Waals surface area (Å²) in [5, 5.41) is 12.4. The molecule has 2 rings (SSSR count). The third-order valence-electron chi connectivity index (χ3n) is 0.812. The second-order valence-electron chi connectivity index (χ2n) is 1.75. The van der Waals surface area contributed by atoms with Gasteiger partial charge in [-0.2, -0.15) is 10.2 Å². The number of nitrogens with one attached hydrogen (secondary N) is 2. The topological polar surface area (TPSA) is 118 Å². The molecule has 2 aromatic heterocycles. The molecule has 7 nitrogen and oxygen atoms in total. The van der Waals surface area contributed by atoms with E-state index in [0.29, 0.717) is 0 Å². The average molecular weight is 298 g/mol. The third-order valence-corrected chi connectivity index (χ3v) is 0.812. The highest BCUT2D eigenvalue weighted by molar-refractivity contribution is 8.93. The summed E-state index contributed by atoms with van der Waals surface area (Å²) in [6.07, 6.45) is 6.92. The zero-order chi connectivity index (χ0) is 10.6. The van der Waals surface area contributed by atoms with Gasteiger partial charge in [-0.05, 0) is 12.1 Å². The predicted molar refractivity (Wildman–Crippen MR) is 59.0 cm³/mol. The molecule has 2 aromatic rings. The monoisotopic (exact) mass is 297 g/mol. The van der Waals surface area contributed by atoms with Crippen molar-refractivity contribution in [1.29, 1.82) is 0 Å². The van der Waals surface area contributed by atoms with Crippen LogP contribution in [-0.2, 0) is 11.4 Å². The number of aromatic amines is 2. The van der Waals surface area contributed by atoms with Crippen molar-refractivity contribution in [3.8, 4) is 0 Å². The van der Waals surface area contributed by atoms with Crippen LogP contribution in [0.5, 0.6) is 0 Å². The highest BCUT2D eigenvalue weighted by atomic mass is 79.9. The van der Waals surface area contributed by atoms with Crippen molar-refractivity contribution in [2.45, 2.75) is 0 Å². The number of aromatic nitrogens is 4. The van der Waals surface area contributed by atoms with Crippen molar-refractivity contribution >= 4 is 28.3 Å². The summed E-state index contributed by atoms with van der Waals surface area (Å²) in [4.78, 5) is 0. The summed E-state index contributed by atoms with van der Waals surface area (Å²) in [5.74, 6) is 0. The molecular weight excluding hydrogens is 288 g/mol. The van der Waals surface area contributed by atoms with Crippen LogP contribution in [0.25, 0.3) is 0 Å². The summed E-state index contributed by atoms with van der Waals surface area (Å²) < 4.78 is 24.1. The largest absolute Gasteiger partial charge is 0.750 e. The van der Waals surface area contributed by atoms with Gasteiger partial charge in [-0.25, -0.2) is 4.21 Å². The maximum atomic E-state index is 8.56. The first-order valence-corrected chi connectivity index (χ1v) is 4.42. The molecule has 0 saturated heterocycles. The number of H-pyrrole nitrogens is 2. The molecule has 0 aliphatic heterocycles. The minimum absolute atomic E-state index is 0. The first-order valence-electron chi connectivity index (χ1n) is 3.39. The predicted octanol–water partition coefficient (Wildman–Crippen LogP) is 0.736. The fourth-order valence-corrected chi connectivity index (χ4v) is 0.430. The van der Waals surface area contributed by atoms with Crippen LogP contribution in [0.3, 0.4) is 0 Å². The summed E-state index contributed by atoms with van der Waals surface area (Å²) in [5.41, 5.74) is 0. The fourth-order valence-electron chi connectivity index (χ4n) is 0.430. The minimum atomic E-state index is -2.86. The first-order chi connectivity index (χ1) is 6.73. The Bertz CT molecular complexity index is 237. The lowest BCUT2D eigenvalue weighted by molar-refractivity contribution is 0.436. The molecule has 9 heteroatoms. The zero-order valence-electron chi connectivity index (χ0n) is 7.44. The summed E-state index contributed by atoms with van der Waals surface area (Å²) in [6, 6.07) is 3.67. The maximum Gasteiger partial charge on any atom is 0.0814 e. The number of rotatable bonds is 0. The quantitative estimate of drug-likeness (QED) is 0.620. The number of hydrogen-bond donors (Lipinski definition) is 3. The van der Waals surface area contributed by atoms with Crippen molar-refractivity contribution in [1.82, 2.24) is 20.4 Å². The van der Waals surface area contributed by atoms with E-state index in [4.69, 9.17) is 13.3 Å². The maximum absolute atomic E-state index is 8.56. The first kappa shape index (κ1) is 16.4. The molecule has 0 amide bonds. The van der Waals surface area contributed by atoms with Gasteiger partial charge in [0.05, 0.1) is 11.4 Å². The van der Waals surface area contributed by atoms with Gasteiger partial charge < -0.3 is 9.11 Å². The van der Waals surface area contributed by atoms with E-state index in [0.717, 1.165) is 0 Å². The number of halogens is 1. The van der Waals surface area contributed by atoms with Crippen LogP contribution in [0.2, 0.25) is 0 Å². The molecule has 0 spiro atoms. The standard InChI is InChI=1S/2C3H4N2.BrH.H2O3S/c2*1-2-4-5-3-1;;1-4(2)3/h2*1-3H,(H,4,5);1H;(H2,1,2,3)/p-1. The van der Waals surface area contributed by atoms with Crippen molar-refractivity contribution in [2.75, 3.05) is 0 Å². The van der Waals surface area contributed by atoms with Gasteiger partial charge >= 0.3 is 0 Å². The van der Waals surface area contributed by atoms with E-state index in [1.54, 1.807) is 24.8 Å². The molecule has 15 heavy (non-hydrogen) atoms. The van der Waals surface area contributed by atoms with Crippen molar-refractivity contribution in [3.05, 3.63) is 36.9 Å². The average Bonchev–Trinajstić information content (AvgIpc) is 2.83. The molecule has 1 atom stereocenters. The van der Waals surface area contributed by atoms with Crippen LogP contribution in [0.1, 0.15) is 0 Å². The SMILES string of the molecule is Br.O=S([O-])O.c1cn[nH]c1.c1cn[nH]c1. The smallest absolute Gasteiger partial charge is 0.0814 e. The number of hydrogen-bond acceptors (Lipinski definition) is 4. The van der Waals surface area contributed by atoms with E-state index in [1.807, 2.05) is 12.1 Å². The molecule has 0 bridgehead atoms. The van der Waals surface area contributed by atoms with Crippen molar-refractivity contribution in [3.63, 3.8) is 0 Å². The lowest BCUT2D eigenvalue weighted by Crippen LogP contribution is -1.75.